The number of carbonyl (C=O) groups excluding carboxylic acids is 1. The second-order valence-electron chi connectivity index (χ2n) is 8.06. The van der Waals surface area contributed by atoms with Crippen LogP contribution in [0.5, 0.6) is 5.75 Å². The minimum Gasteiger partial charge on any atom is -0.495 e. The summed E-state index contributed by atoms with van der Waals surface area (Å²) in [5, 5.41) is 7.37. The minimum absolute atomic E-state index is 0.0221. The molecule has 0 atom stereocenters. The van der Waals surface area contributed by atoms with E-state index in [0.717, 1.165) is 37.1 Å². The van der Waals surface area contributed by atoms with Crippen molar-refractivity contribution in [2.24, 2.45) is 0 Å². The molecule has 1 amide bonds. The molecule has 0 bridgehead atoms. The average molecular weight is 469 g/mol. The van der Waals surface area contributed by atoms with E-state index in [0.29, 0.717) is 13.0 Å². The van der Waals surface area contributed by atoms with Crippen molar-refractivity contribution in [3.63, 3.8) is 0 Å². The molecule has 0 saturated heterocycles. The minimum atomic E-state index is -3.80. The zero-order valence-electron chi connectivity index (χ0n) is 18.5. The lowest BCUT2D eigenvalue weighted by Gasteiger charge is -2.15. The van der Waals surface area contributed by atoms with Crippen molar-refractivity contribution < 1.29 is 17.9 Å². The summed E-state index contributed by atoms with van der Waals surface area (Å²) in [6.45, 7) is 0.374. The molecule has 2 N–H and O–H groups in total. The summed E-state index contributed by atoms with van der Waals surface area (Å²) in [7, 11) is -2.38. The van der Waals surface area contributed by atoms with Gasteiger partial charge in [0.1, 0.15) is 10.6 Å². The quantitative estimate of drug-likeness (QED) is 0.503. The van der Waals surface area contributed by atoms with Crippen molar-refractivity contribution in [1.29, 1.82) is 0 Å². The highest BCUT2D eigenvalue weighted by atomic mass is 32.2. The van der Waals surface area contributed by atoms with Crippen LogP contribution in [0.15, 0.2) is 65.7 Å². The first-order chi connectivity index (χ1) is 16.0. The normalized spacial score (nSPS) is 14.3. The van der Waals surface area contributed by atoms with Gasteiger partial charge in [0.05, 0.1) is 18.5 Å². The fourth-order valence-electron chi connectivity index (χ4n) is 3.98. The molecule has 1 fully saturated rings. The lowest BCUT2D eigenvalue weighted by atomic mass is 10.2. The fourth-order valence-corrected chi connectivity index (χ4v) is 5.48. The van der Waals surface area contributed by atoms with Crippen LogP contribution >= 0.6 is 0 Å². The molecule has 1 saturated carbocycles. The first-order valence-electron chi connectivity index (χ1n) is 11.0. The summed E-state index contributed by atoms with van der Waals surface area (Å²) in [6.07, 6.45) is 6.09. The Hall–Kier alpha value is -3.17. The number of benzene rings is 2. The van der Waals surface area contributed by atoms with E-state index in [1.807, 2.05) is 42.6 Å². The Bertz CT molecular complexity index is 1200. The standard InChI is InChI=1S/C24H28N4O4S/c1-32-22-12-11-18(17-23(22)33(30,31)27-20-7-5-6-8-20)24(29)25-15-13-19-14-16-28(26-19)21-9-3-2-4-10-21/h2-4,9-12,14,16-17,20,27H,5-8,13,15H2,1H3,(H,25,29). The number of nitrogens with one attached hydrogen (secondary N) is 2. The molecule has 4 rings (SSSR count). The molecule has 0 aliphatic heterocycles. The van der Waals surface area contributed by atoms with Gasteiger partial charge >= 0.3 is 0 Å². The van der Waals surface area contributed by atoms with Crippen LogP contribution in [0.4, 0.5) is 0 Å². The van der Waals surface area contributed by atoms with E-state index >= 15 is 0 Å². The molecule has 0 radical (unpaired) electrons. The van der Waals surface area contributed by atoms with Gasteiger partial charge in [-0.25, -0.2) is 17.8 Å². The number of methoxy groups -OCH3 is 1. The Morgan fingerprint density at radius 3 is 2.61 bits per heavy atom. The predicted molar refractivity (Wildman–Crippen MR) is 125 cm³/mol. The molecular weight excluding hydrogens is 440 g/mol. The van der Waals surface area contributed by atoms with Crippen molar-refractivity contribution in [2.45, 2.75) is 43.0 Å². The SMILES string of the molecule is COc1ccc(C(=O)NCCc2ccn(-c3ccccc3)n2)cc1S(=O)(=O)NC1CCCC1. The van der Waals surface area contributed by atoms with Gasteiger partial charge < -0.3 is 10.1 Å². The second-order valence-corrected chi connectivity index (χ2v) is 9.74. The Balaban J connectivity index is 1.40. The number of rotatable bonds is 9. The first kappa shape index (κ1) is 23.0. The second kappa shape index (κ2) is 10.2. The molecule has 0 unspecified atom stereocenters. The number of para-hydroxylation sites is 1. The topological polar surface area (TPSA) is 102 Å². The van der Waals surface area contributed by atoms with Crippen LogP contribution in [0.2, 0.25) is 0 Å². The third kappa shape index (κ3) is 5.61. The predicted octanol–water partition coefficient (Wildman–Crippen LogP) is 3.07. The summed E-state index contributed by atoms with van der Waals surface area (Å²) in [5.41, 5.74) is 2.07. The van der Waals surface area contributed by atoms with Gasteiger partial charge in [-0.1, -0.05) is 31.0 Å². The molecule has 1 aliphatic rings. The summed E-state index contributed by atoms with van der Waals surface area (Å²) >= 11 is 0. The highest BCUT2D eigenvalue weighted by Crippen LogP contribution is 2.27. The van der Waals surface area contributed by atoms with Crippen LogP contribution in [0.1, 0.15) is 41.7 Å². The average Bonchev–Trinajstić information content (AvgIpc) is 3.51. The zero-order chi connectivity index (χ0) is 23.3. The Morgan fingerprint density at radius 1 is 1.12 bits per heavy atom. The van der Waals surface area contributed by atoms with Crippen LogP contribution in [-0.4, -0.2) is 43.8 Å². The summed E-state index contributed by atoms with van der Waals surface area (Å²) in [4.78, 5) is 12.7. The smallest absolute Gasteiger partial charge is 0.251 e. The van der Waals surface area contributed by atoms with E-state index in [4.69, 9.17) is 4.74 Å². The van der Waals surface area contributed by atoms with Crippen LogP contribution in [-0.2, 0) is 16.4 Å². The zero-order valence-corrected chi connectivity index (χ0v) is 19.3. The largest absolute Gasteiger partial charge is 0.495 e. The summed E-state index contributed by atoms with van der Waals surface area (Å²) in [6, 6.07) is 16.1. The van der Waals surface area contributed by atoms with Gasteiger partial charge in [0, 0.05) is 30.8 Å². The van der Waals surface area contributed by atoms with Crippen LogP contribution < -0.4 is 14.8 Å². The highest BCUT2D eigenvalue weighted by molar-refractivity contribution is 7.89. The summed E-state index contributed by atoms with van der Waals surface area (Å²) < 4.78 is 35.6. The number of carbonyl (C=O) groups is 1. The molecule has 174 valence electrons. The lowest BCUT2D eigenvalue weighted by molar-refractivity contribution is 0.0954. The van der Waals surface area contributed by atoms with Crippen molar-refractivity contribution in [1.82, 2.24) is 19.8 Å². The van der Waals surface area contributed by atoms with Crippen LogP contribution in [0.3, 0.4) is 0 Å². The number of hydrogen-bond donors (Lipinski definition) is 2. The molecule has 33 heavy (non-hydrogen) atoms. The molecule has 1 heterocycles. The number of amides is 1. The van der Waals surface area contributed by atoms with Gasteiger partial charge in [-0.05, 0) is 49.2 Å². The third-order valence-corrected chi connectivity index (χ3v) is 7.27. The molecule has 1 aliphatic carbocycles. The van der Waals surface area contributed by atoms with E-state index in [-0.39, 0.29) is 28.2 Å². The van der Waals surface area contributed by atoms with E-state index in [1.165, 1.54) is 19.2 Å². The number of ether oxygens (including phenoxy) is 1. The van der Waals surface area contributed by atoms with Crippen molar-refractivity contribution in [3.05, 3.63) is 72.1 Å². The molecular formula is C24H28N4O4S. The Kier molecular flexibility index (Phi) is 7.10. The third-order valence-electron chi connectivity index (χ3n) is 5.72. The van der Waals surface area contributed by atoms with Gasteiger partial charge in [-0.15, -0.1) is 0 Å². The van der Waals surface area contributed by atoms with Crippen LogP contribution in [0.25, 0.3) is 5.69 Å². The molecule has 1 aromatic heterocycles. The molecule has 3 aromatic rings. The molecule has 8 nitrogen and oxygen atoms in total. The van der Waals surface area contributed by atoms with Crippen molar-refractivity contribution in [3.8, 4) is 11.4 Å². The Labute approximate surface area is 194 Å². The van der Waals surface area contributed by atoms with E-state index in [2.05, 4.69) is 15.1 Å². The maximum atomic E-state index is 12.9. The monoisotopic (exact) mass is 468 g/mol. The van der Waals surface area contributed by atoms with Crippen molar-refractivity contribution >= 4 is 15.9 Å². The Morgan fingerprint density at radius 2 is 1.88 bits per heavy atom. The van der Waals surface area contributed by atoms with Gasteiger partial charge in [0.2, 0.25) is 10.0 Å². The van der Waals surface area contributed by atoms with Crippen LogP contribution in [0, 0.1) is 0 Å². The van der Waals surface area contributed by atoms with Gasteiger partial charge in [-0.3, -0.25) is 4.79 Å². The molecule has 9 heteroatoms. The van der Waals surface area contributed by atoms with Crippen molar-refractivity contribution in [2.75, 3.05) is 13.7 Å². The van der Waals surface area contributed by atoms with E-state index in [9.17, 15) is 13.2 Å². The first-order valence-corrected chi connectivity index (χ1v) is 12.5. The highest BCUT2D eigenvalue weighted by Gasteiger charge is 2.26. The fraction of sp³-hybridized carbons (Fsp3) is 0.333. The number of sulfonamides is 1. The maximum Gasteiger partial charge on any atom is 0.251 e. The van der Waals surface area contributed by atoms with Gasteiger partial charge in [0.25, 0.3) is 5.91 Å². The number of nitrogens with zero attached hydrogens (tertiary/aromatic N) is 2. The summed E-state index contributed by atoms with van der Waals surface area (Å²) in [5.74, 6) is -0.138. The number of aromatic nitrogens is 2. The van der Waals surface area contributed by atoms with Gasteiger partial charge in [-0.2, -0.15) is 5.10 Å². The van der Waals surface area contributed by atoms with E-state index < -0.39 is 10.0 Å². The molecule has 0 spiro atoms. The van der Waals surface area contributed by atoms with Gasteiger partial charge in [0.15, 0.2) is 0 Å². The lowest BCUT2D eigenvalue weighted by Crippen LogP contribution is -2.33. The van der Waals surface area contributed by atoms with E-state index in [1.54, 1.807) is 10.7 Å². The number of hydrogen-bond acceptors (Lipinski definition) is 5. The maximum absolute atomic E-state index is 12.9. The molecule has 2 aromatic carbocycles.